The van der Waals surface area contributed by atoms with Crippen molar-refractivity contribution >= 4 is 27.5 Å². The van der Waals surface area contributed by atoms with Gasteiger partial charge in [0.2, 0.25) is 0 Å². The largest absolute Gasteiger partial charge is 0.493 e. The van der Waals surface area contributed by atoms with Crippen LogP contribution >= 0.6 is 27.5 Å². The Morgan fingerprint density at radius 1 is 1.47 bits per heavy atom. The maximum atomic E-state index is 12.1. The Labute approximate surface area is 99.3 Å². The molecule has 0 atom stereocenters. The van der Waals surface area contributed by atoms with Crippen LogP contribution in [0.25, 0.3) is 0 Å². The van der Waals surface area contributed by atoms with Gasteiger partial charge in [0.05, 0.1) is 7.11 Å². The molecule has 0 heterocycles. The van der Waals surface area contributed by atoms with Crippen LogP contribution in [0.5, 0.6) is 11.5 Å². The summed E-state index contributed by atoms with van der Waals surface area (Å²) >= 11 is 8.93. The molecule has 0 N–H and O–H groups in total. The van der Waals surface area contributed by atoms with E-state index in [1.54, 1.807) is 0 Å². The quantitative estimate of drug-likeness (QED) is 0.787. The molecular weight excluding hydrogens is 293 g/mol. The fourth-order valence-corrected chi connectivity index (χ4v) is 1.74. The minimum Gasteiger partial charge on any atom is -0.493 e. The molecular formula is C9H8BrClF2O2. The molecule has 0 radical (unpaired) electrons. The predicted molar refractivity (Wildman–Crippen MR) is 57.3 cm³/mol. The van der Waals surface area contributed by atoms with E-state index in [0.29, 0.717) is 15.9 Å². The average Bonchev–Trinajstić information content (AvgIpc) is 2.19. The highest BCUT2D eigenvalue weighted by atomic mass is 79.9. The lowest BCUT2D eigenvalue weighted by molar-refractivity contribution is -0.0516. The number of hydrogen-bond acceptors (Lipinski definition) is 2. The summed E-state index contributed by atoms with van der Waals surface area (Å²) in [6.07, 6.45) is 0. The van der Waals surface area contributed by atoms with Crippen molar-refractivity contribution in [2.75, 3.05) is 7.11 Å². The number of halogens is 4. The zero-order chi connectivity index (χ0) is 11.4. The van der Waals surface area contributed by atoms with Crippen molar-refractivity contribution in [2.45, 2.75) is 11.9 Å². The zero-order valence-corrected chi connectivity index (χ0v) is 10.1. The van der Waals surface area contributed by atoms with Gasteiger partial charge in [-0.1, -0.05) is 27.5 Å². The van der Waals surface area contributed by atoms with E-state index in [1.165, 1.54) is 19.2 Å². The summed E-state index contributed by atoms with van der Waals surface area (Å²) in [5, 5.41) is 0.759. The Morgan fingerprint density at radius 2 is 2.13 bits per heavy atom. The van der Waals surface area contributed by atoms with Crippen molar-refractivity contribution in [3.8, 4) is 11.5 Å². The van der Waals surface area contributed by atoms with Crippen molar-refractivity contribution in [2.24, 2.45) is 0 Å². The summed E-state index contributed by atoms with van der Waals surface area (Å²) in [7, 11) is 1.36. The molecule has 0 aromatic heterocycles. The molecule has 0 aliphatic carbocycles. The fraction of sp³-hybridized carbons (Fsp3) is 0.333. The maximum Gasteiger partial charge on any atom is 0.387 e. The first-order valence-corrected chi connectivity index (χ1v) is 5.45. The molecule has 0 fully saturated rings. The molecule has 1 rings (SSSR count). The van der Waals surface area contributed by atoms with Crippen LogP contribution in [0, 0.1) is 0 Å². The van der Waals surface area contributed by atoms with Gasteiger partial charge in [-0.3, -0.25) is 0 Å². The SMILES string of the molecule is COc1cc(Cl)cc(CBr)c1OC(F)F. The molecule has 84 valence electrons. The van der Waals surface area contributed by atoms with Gasteiger partial charge in [-0.25, -0.2) is 0 Å². The van der Waals surface area contributed by atoms with Gasteiger partial charge < -0.3 is 9.47 Å². The van der Waals surface area contributed by atoms with Crippen LogP contribution in [-0.2, 0) is 5.33 Å². The molecule has 0 amide bonds. The van der Waals surface area contributed by atoms with Crippen molar-refractivity contribution < 1.29 is 18.3 Å². The van der Waals surface area contributed by atoms with Crippen LogP contribution in [0.3, 0.4) is 0 Å². The van der Waals surface area contributed by atoms with Crippen molar-refractivity contribution in [3.05, 3.63) is 22.7 Å². The molecule has 6 heteroatoms. The van der Waals surface area contributed by atoms with Crippen LogP contribution in [0.2, 0.25) is 5.02 Å². The first kappa shape index (κ1) is 12.5. The summed E-state index contributed by atoms with van der Waals surface area (Å²) in [5.74, 6) is 0.200. The molecule has 0 aliphatic rings. The molecule has 2 nitrogen and oxygen atoms in total. The molecule has 0 bridgehead atoms. The van der Waals surface area contributed by atoms with Crippen LogP contribution in [0.4, 0.5) is 8.78 Å². The second kappa shape index (κ2) is 5.51. The average molecular weight is 302 g/mol. The van der Waals surface area contributed by atoms with Gasteiger partial charge >= 0.3 is 6.61 Å². The summed E-state index contributed by atoms with van der Waals surface area (Å²) < 4.78 is 33.5. The third-order valence-electron chi connectivity index (χ3n) is 1.67. The first-order chi connectivity index (χ1) is 7.08. The van der Waals surface area contributed by atoms with E-state index in [0.717, 1.165) is 0 Å². The van der Waals surface area contributed by atoms with Crippen LogP contribution in [0.1, 0.15) is 5.56 Å². The molecule has 1 aromatic rings. The number of benzene rings is 1. The lowest BCUT2D eigenvalue weighted by atomic mass is 10.2. The van der Waals surface area contributed by atoms with E-state index in [9.17, 15) is 8.78 Å². The van der Waals surface area contributed by atoms with Gasteiger partial charge in [-0.05, 0) is 6.07 Å². The van der Waals surface area contributed by atoms with E-state index in [1.807, 2.05) is 0 Å². The molecule has 0 saturated carbocycles. The number of rotatable bonds is 4. The van der Waals surface area contributed by atoms with Crippen molar-refractivity contribution in [1.29, 1.82) is 0 Å². The Hall–Kier alpha value is -0.550. The smallest absolute Gasteiger partial charge is 0.387 e. The van der Waals surface area contributed by atoms with Gasteiger partial charge in [0.15, 0.2) is 11.5 Å². The molecule has 0 aliphatic heterocycles. The van der Waals surface area contributed by atoms with Crippen molar-refractivity contribution in [3.63, 3.8) is 0 Å². The van der Waals surface area contributed by atoms with Gasteiger partial charge in [-0.2, -0.15) is 8.78 Å². The van der Waals surface area contributed by atoms with E-state index < -0.39 is 6.61 Å². The highest BCUT2D eigenvalue weighted by Gasteiger charge is 2.15. The topological polar surface area (TPSA) is 18.5 Å². The molecule has 15 heavy (non-hydrogen) atoms. The molecule has 0 spiro atoms. The summed E-state index contributed by atoms with van der Waals surface area (Å²) in [6.45, 7) is -2.89. The van der Waals surface area contributed by atoms with Gasteiger partial charge in [0, 0.05) is 22.0 Å². The summed E-state index contributed by atoms with van der Waals surface area (Å²) in [6, 6.07) is 2.96. The van der Waals surface area contributed by atoms with Crippen LogP contribution < -0.4 is 9.47 Å². The molecule has 0 unspecified atom stereocenters. The Morgan fingerprint density at radius 3 is 2.60 bits per heavy atom. The first-order valence-electron chi connectivity index (χ1n) is 3.95. The number of methoxy groups -OCH3 is 1. The lowest BCUT2D eigenvalue weighted by Crippen LogP contribution is -2.05. The zero-order valence-electron chi connectivity index (χ0n) is 7.77. The van der Waals surface area contributed by atoms with Gasteiger partial charge in [0.1, 0.15) is 0 Å². The second-order valence-electron chi connectivity index (χ2n) is 2.61. The highest BCUT2D eigenvalue weighted by Crippen LogP contribution is 2.36. The van der Waals surface area contributed by atoms with E-state index in [4.69, 9.17) is 16.3 Å². The second-order valence-corrected chi connectivity index (χ2v) is 3.61. The number of hydrogen-bond donors (Lipinski definition) is 0. The summed E-state index contributed by atoms with van der Waals surface area (Å²) in [4.78, 5) is 0. The normalized spacial score (nSPS) is 10.5. The highest BCUT2D eigenvalue weighted by molar-refractivity contribution is 9.08. The van der Waals surface area contributed by atoms with E-state index in [2.05, 4.69) is 20.7 Å². The van der Waals surface area contributed by atoms with Gasteiger partial charge in [0.25, 0.3) is 0 Å². The van der Waals surface area contributed by atoms with Crippen molar-refractivity contribution in [1.82, 2.24) is 0 Å². The summed E-state index contributed by atoms with van der Waals surface area (Å²) in [5.41, 5.74) is 0.514. The third kappa shape index (κ3) is 3.21. The fourth-order valence-electron chi connectivity index (χ4n) is 1.10. The monoisotopic (exact) mass is 300 g/mol. The lowest BCUT2D eigenvalue weighted by Gasteiger charge is -2.13. The standard InChI is InChI=1S/C9H8BrClF2O2/c1-14-7-3-6(11)2-5(4-10)8(7)15-9(12)13/h2-3,9H,4H2,1H3. The Balaban J connectivity index is 3.18. The Kier molecular flexibility index (Phi) is 4.60. The molecule has 0 saturated heterocycles. The van der Waals surface area contributed by atoms with Crippen LogP contribution in [-0.4, -0.2) is 13.7 Å². The van der Waals surface area contributed by atoms with Gasteiger partial charge in [-0.15, -0.1) is 0 Å². The predicted octanol–water partition coefficient (Wildman–Crippen LogP) is 3.84. The number of ether oxygens (including phenoxy) is 2. The van der Waals surface area contributed by atoms with E-state index in [-0.39, 0.29) is 11.5 Å². The minimum absolute atomic E-state index is 0.00813. The van der Waals surface area contributed by atoms with E-state index >= 15 is 0 Å². The maximum absolute atomic E-state index is 12.1. The Bertz CT molecular complexity index is 322. The minimum atomic E-state index is -2.89. The molecule has 1 aromatic carbocycles. The third-order valence-corrected chi connectivity index (χ3v) is 2.49. The number of alkyl halides is 3. The van der Waals surface area contributed by atoms with Crippen LogP contribution in [0.15, 0.2) is 12.1 Å².